The van der Waals surface area contributed by atoms with Crippen molar-refractivity contribution in [1.82, 2.24) is 19.9 Å². The quantitative estimate of drug-likeness (QED) is 0.654. The molecule has 6 heteroatoms. The van der Waals surface area contributed by atoms with E-state index in [1.807, 2.05) is 74.5 Å². The molecule has 146 valence electrons. The van der Waals surface area contributed by atoms with Crippen molar-refractivity contribution in [1.29, 1.82) is 0 Å². The Morgan fingerprint density at radius 1 is 1.07 bits per heavy atom. The molecule has 1 atom stereocenters. The van der Waals surface area contributed by atoms with E-state index in [0.717, 1.165) is 16.8 Å². The van der Waals surface area contributed by atoms with Gasteiger partial charge >= 0.3 is 0 Å². The van der Waals surface area contributed by atoms with Gasteiger partial charge in [-0.25, -0.2) is 4.68 Å². The van der Waals surface area contributed by atoms with Crippen LogP contribution in [0.25, 0.3) is 0 Å². The van der Waals surface area contributed by atoms with E-state index in [4.69, 9.17) is 0 Å². The van der Waals surface area contributed by atoms with Gasteiger partial charge in [0.25, 0.3) is 5.91 Å². The number of amides is 1. The van der Waals surface area contributed by atoms with Gasteiger partial charge in [-0.3, -0.25) is 4.79 Å². The summed E-state index contributed by atoms with van der Waals surface area (Å²) < 4.78 is 1.75. The van der Waals surface area contributed by atoms with Crippen molar-refractivity contribution in [3.63, 3.8) is 0 Å². The third-order valence-corrected chi connectivity index (χ3v) is 4.71. The van der Waals surface area contributed by atoms with Crippen LogP contribution in [-0.2, 0) is 13.1 Å². The molecule has 6 nitrogen and oxygen atoms in total. The van der Waals surface area contributed by atoms with E-state index in [2.05, 4.69) is 10.3 Å². The van der Waals surface area contributed by atoms with Gasteiger partial charge in [0, 0.05) is 19.7 Å². The molecule has 1 amide bonds. The number of aromatic nitrogens is 3. The first-order valence-corrected chi connectivity index (χ1v) is 9.46. The SMILES string of the molecule is Cc1c(C(=O)N(Cc2ccccc2)C[C@H](C)CO)nnn1Cc1ccccc1. The molecule has 1 N–H and O–H groups in total. The zero-order valence-electron chi connectivity index (χ0n) is 16.3. The highest BCUT2D eigenvalue weighted by molar-refractivity contribution is 5.93. The lowest BCUT2D eigenvalue weighted by atomic mass is 10.1. The molecule has 1 aromatic heterocycles. The molecule has 0 aliphatic carbocycles. The van der Waals surface area contributed by atoms with Crippen LogP contribution in [0.2, 0.25) is 0 Å². The van der Waals surface area contributed by atoms with E-state index < -0.39 is 0 Å². The summed E-state index contributed by atoms with van der Waals surface area (Å²) in [4.78, 5) is 15.0. The van der Waals surface area contributed by atoms with Gasteiger partial charge in [0.1, 0.15) is 0 Å². The molecule has 0 saturated carbocycles. The van der Waals surface area contributed by atoms with Gasteiger partial charge in [0.2, 0.25) is 0 Å². The van der Waals surface area contributed by atoms with E-state index in [0.29, 0.717) is 25.3 Å². The van der Waals surface area contributed by atoms with Crippen LogP contribution in [0.4, 0.5) is 0 Å². The van der Waals surface area contributed by atoms with Crippen LogP contribution < -0.4 is 0 Å². The van der Waals surface area contributed by atoms with Gasteiger partial charge in [-0.15, -0.1) is 5.10 Å². The third-order valence-electron chi connectivity index (χ3n) is 4.71. The van der Waals surface area contributed by atoms with Crippen LogP contribution in [0.15, 0.2) is 60.7 Å². The van der Waals surface area contributed by atoms with Crippen molar-refractivity contribution in [2.24, 2.45) is 5.92 Å². The van der Waals surface area contributed by atoms with E-state index in [1.54, 1.807) is 9.58 Å². The maximum atomic E-state index is 13.2. The van der Waals surface area contributed by atoms with E-state index in [-0.39, 0.29) is 18.4 Å². The normalized spacial score (nSPS) is 12.0. The topological polar surface area (TPSA) is 71.2 Å². The minimum Gasteiger partial charge on any atom is -0.396 e. The number of benzene rings is 2. The molecule has 0 radical (unpaired) electrons. The minimum atomic E-state index is -0.166. The number of aliphatic hydroxyl groups is 1. The summed E-state index contributed by atoms with van der Waals surface area (Å²) >= 11 is 0. The largest absolute Gasteiger partial charge is 0.396 e. The molecule has 0 aliphatic heterocycles. The highest BCUT2D eigenvalue weighted by atomic mass is 16.3. The summed E-state index contributed by atoms with van der Waals surface area (Å²) in [7, 11) is 0. The molecule has 1 heterocycles. The van der Waals surface area contributed by atoms with Crippen molar-refractivity contribution in [2.45, 2.75) is 26.9 Å². The molecule has 0 saturated heterocycles. The molecule has 28 heavy (non-hydrogen) atoms. The lowest BCUT2D eigenvalue weighted by Gasteiger charge is -2.25. The van der Waals surface area contributed by atoms with Crippen LogP contribution in [-0.4, -0.2) is 44.1 Å². The van der Waals surface area contributed by atoms with E-state index in [1.165, 1.54) is 0 Å². The number of rotatable bonds is 8. The number of carbonyl (C=O) groups excluding carboxylic acids is 1. The number of carbonyl (C=O) groups is 1. The van der Waals surface area contributed by atoms with Gasteiger partial charge in [-0.1, -0.05) is 72.8 Å². The van der Waals surface area contributed by atoms with Crippen LogP contribution >= 0.6 is 0 Å². The highest BCUT2D eigenvalue weighted by Gasteiger charge is 2.24. The lowest BCUT2D eigenvalue weighted by molar-refractivity contribution is 0.0687. The number of aliphatic hydroxyl groups excluding tert-OH is 1. The van der Waals surface area contributed by atoms with Crippen molar-refractivity contribution in [3.05, 3.63) is 83.2 Å². The fraction of sp³-hybridized carbons (Fsp3) is 0.318. The molecular formula is C22H26N4O2. The Hall–Kier alpha value is -2.99. The standard InChI is InChI=1S/C22H26N4O2/c1-17(16-27)13-25(14-19-9-5-3-6-10-19)22(28)21-18(2)26(24-23-21)15-20-11-7-4-8-12-20/h3-12,17,27H,13-16H2,1-2H3/t17-/m0/s1. The highest BCUT2D eigenvalue weighted by Crippen LogP contribution is 2.15. The Balaban J connectivity index is 1.81. The maximum absolute atomic E-state index is 13.2. The molecule has 0 spiro atoms. The molecule has 0 aliphatic rings. The van der Waals surface area contributed by atoms with Crippen LogP contribution in [0.3, 0.4) is 0 Å². The predicted octanol–water partition coefficient (Wildman–Crippen LogP) is 2.91. The molecule has 2 aromatic carbocycles. The Kier molecular flexibility index (Phi) is 6.55. The fourth-order valence-electron chi connectivity index (χ4n) is 3.07. The Morgan fingerprint density at radius 2 is 1.68 bits per heavy atom. The Bertz CT molecular complexity index is 893. The summed E-state index contributed by atoms with van der Waals surface area (Å²) in [5.41, 5.74) is 3.24. The minimum absolute atomic E-state index is 0.0210. The molecule has 3 aromatic rings. The van der Waals surface area contributed by atoms with Gasteiger partial charge in [0.05, 0.1) is 12.2 Å². The zero-order chi connectivity index (χ0) is 19.9. The maximum Gasteiger partial charge on any atom is 0.276 e. The number of hydrogen-bond acceptors (Lipinski definition) is 4. The summed E-state index contributed by atoms with van der Waals surface area (Å²) in [6.45, 7) is 5.30. The zero-order valence-corrected chi connectivity index (χ0v) is 16.3. The fourth-order valence-corrected chi connectivity index (χ4v) is 3.07. The third kappa shape index (κ3) is 4.84. The van der Waals surface area contributed by atoms with Gasteiger partial charge < -0.3 is 10.0 Å². The van der Waals surface area contributed by atoms with Crippen LogP contribution in [0, 0.1) is 12.8 Å². The van der Waals surface area contributed by atoms with Crippen molar-refractivity contribution in [2.75, 3.05) is 13.2 Å². The number of nitrogens with zero attached hydrogens (tertiary/aromatic N) is 4. The summed E-state index contributed by atoms with van der Waals surface area (Å²) in [6, 6.07) is 19.8. The lowest BCUT2D eigenvalue weighted by Crippen LogP contribution is -2.36. The van der Waals surface area contributed by atoms with Crippen LogP contribution in [0.5, 0.6) is 0 Å². The first-order chi connectivity index (χ1) is 13.6. The summed E-state index contributed by atoms with van der Waals surface area (Å²) in [5.74, 6) is -0.187. The van der Waals surface area contributed by atoms with E-state index in [9.17, 15) is 9.90 Å². The molecule has 0 fully saturated rings. The van der Waals surface area contributed by atoms with Gasteiger partial charge in [-0.2, -0.15) is 0 Å². The summed E-state index contributed by atoms with van der Waals surface area (Å²) in [5, 5.41) is 17.8. The molecule has 0 bridgehead atoms. The average Bonchev–Trinajstić information content (AvgIpc) is 3.08. The van der Waals surface area contributed by atoms with Gasteiger partial charge in [-0.05, 0) is 24.0 Å². The number of hydrogen-bond donors (Lipinski definition) is 1. The Labute approximate surface area is 165 Å². The van der Waals surface area contributed by atoms with E-state index >= 15 is 0 Å². The summed E-state index contributed by atoms with van der Waals surface area (Å²) in [6.07, 6.45) is 0. The second kappa shape index (κ2) is 9.28. The Morgan fingerprint density at radius 3 is 2.29 bits per heavy atom. The molecular weight excluding hydrogens is 352 g/mol. The first kappa shape index (κ1) is 19.8. The molecule has 3 rings (SSSR count). The second-order valence-corrected chi connectivity index (χ2v) is 7.13. The monoisotopic (exact) mass is 378 g/mol. The average molecular weight is 378 g/mol. The van der Waals surface area contributed by atoms with Gasteiger partial charge in [0.15, 0.2) is 5.69 Å². The van der Waals surface area contributed by atoms with Crippen LogP contribution in [0.1, 0.15) is 34.2 Å². The van der Waals surface area contributed by atoms with Crippen molar-refractivity contribution >= 4 is 5.91 Å². The van der Waals surface area contributed by atoms with Crippen molar-refractivity contribution in [3.8, 4) is 0 Å². The second-order valence-electron chi connectivity index (χ2n) is 7.13. The first-order valence-electron chi connectivity index (χ1n) is 9.46. The molecule has 0 unspecified atom stereocenters. The van der Waals surface area contributed by atoms with Crippen molar-refractivity contribution < 1.29 is 9.90 Å². The predicted molar refractivity (Wildman–Crippen MR) is 108 cm³/mol. The smallest absolute Gasteiger partial charge is 0.276 e.